The van der Waals surface area contributed by atoms with Crippen molar-refractivity contribution in [2.24, 2.45) is 0 Å². The summed E-state index contributed by atoms with van der Waals surface area (Å²) in [5, 5.41) is 19.4. The molecule has 0 saturated carbocycles. The molecule has 116 valence electrons. The van der Waals surface area contributed by atoms with E-state index >= 15 is 0 Å². The SMILES string of the molecule is COc1c(C)cc2c(c1C)[C@H](CO)N(C(C)=O)[C@H](CO)C2. The summed E-state index contributed by atoms with van der Waals surface area (Å²) in [4.78, 5) is 13.5. The Balaban J connectivity index is 2.65. The van der Waals surface area contributed by atoms with Gasteiger partial charge < -0.3 is 19.8 Å². The zero-order valence-corrected chi connectivity index (χ0v) is 13.0. The third kappa shape index (κ3) is 2.51. The number of aliphatic hydroxyl groups is 2. The van der Waals surface area contributed by atoms with E-state index in [9.17, 15) is 15.0 Å². The predicted octanol–water partition coefficient (Wildman–Crippen LogP) is 1.11. The molecule has 2 rings (SSSR count). The van der Waals surface area contributed by atoms with Crippen LogP contribution in [0.25, 0.3) is 0 Å². The van der Waals surface area contributed by atoms with Crippen LogP contribution in [0, 0.1) is 13.8 Å². The van der Waals surface area contributed by atoms with Crippen molar-refractivity contribution in [2.75, 3.05) is 20.3 Å². The predicted molar refractivity (Wildman–Crippen MR) is 79.4 cm³/mol. The molecule has 1 aromatic carbocycles. The summed E-state index contributed by atoms with van der Waals surface area (Å²) >= 11 is 0. The van der Waals surface area contributed by atoms with Gasteiger partial charge in [-0.25, -0.2) is 0 Å². The highest BCUT2D eigenvalue weighted by molar-refractivity contribution is 5.75. The molecule has 1 aromatic rings. The first kappa shape index (κ1) is 15.8. The molecule has 5 nitrogen and oxygen atoms in total. The minimum absolute atomic E-state index is 0.111. The van der Waals surface area contributed by atoms with Crippen molar-refractivity contribution in [3.63, 3.8) is 0 Å². The molecule has 5 heteroatoms. The van der Waals surface area contributed by atoms with E-state index in [1.54, 1.807) is 12.0 Å². The summed E-state index contributed by atoms with van der Waals surface area (Å²) in [5.41, 5.74) is 3.99. The van der Waals surface area contributed by atoms with Gasteiger partial charge in [-0.15, -0.1) is 0 Å². The van der Waals surface area contributed by atoms with Crippen LogP contribution in [0.2, 0.25) is 0 Å². The normalized spacial score (nSPS) is 21.1. The monoisotopic (exact) mass is 293 g/mol. The molecule has 1 amide bonds. The molecule has 0 spiro atoms. The standard InChI is InChI=1S/C16H23NO4/c1-9-5-12-6-13(7-18)17(11(3)20)14(8-19)15(12)10(2)16(9)21-4/h5,13-14,18-19H,6-8H2,1-4H3/t13-,14-/m0/s1. The number of methoxy groups -OCH3 is 1. The number of aliphatic hydroxyl groups excluding tert-OH is 2. The molecule has 0 saturated heterocycles. The summed E-state index contributed by atoms with van der Waals surface area (Å²) in [6.45, 7) is 5.11. The van der Waals surface area contributed by atoms with Crippen molar-refractivity contribution >= 4 is 5.91 Å². The Labute approximate surface area is 125 Å². The Morgan fingerprint density at radius 1 is 1.38 bits per heavy atom. The van der Waals surface area contributed by atoms with Gasteiger partial charge in [0.25, 0.3) is 0 Å². The Kier molecular flexibility index (Phi) is 4.54. The average Bonchev–Trinajstić information content (AvgIpc) is 2.45. The van der Waals surface area contributed by atoms with Gasteiger partial charge in [0.15, 0.2) is 0 Å². The van der Waals surface area contributed by atoms with Crippen molar-refractivity contribution in [3.05, 3.63) is 28.3 Å². The van der Waals surface area contributed by atoms with Gasteiger partial charge in [-0.3, -0.25) is 4.79 Å². The summed E-state index contributed by atoms with van der Waals surface area (Å²) in [7, 11) is 1.62. The number of carbonyl (C=O) groups is 1. The maximum atomic E-state index is 12.0. The number of hydrogen-bond acceptors (Lipinski definition) is 4. The number of carbonyl (C=O) groups excluding carboxylic acids is 1. The molecule has 0 radical (unpaired) electrons. The van der Waals surface area contributed by atoms with E-state index in [1.807, 2.05) is 19.9 Å². The van der Waals surface area contributed by atoms with E-state index < -0.39 is 6.04 Å². The third-order valence-electron chi connectivity index (χ3n) is 4.31. The molecular weight excluding hydrogens is 270 g/mol. The molecule has 0 unspecified atom stereocenters. The zero-order valence-electron chi connectivity index (χ0n) is 13.0. The second-order valence-electron chi connectivity index (χ2n) is 5.59. The number of amides is 1. The van der Waals surface area contributed by atoms with Gasteiger partial charge in [-0.05, 0) is 42.5 Å². The maximum Gasteiger partial charge on any atom is 0.220 e. The smallest absolute Gasteiger partial charge is 0.220 e. The Hall–Kier alpha value is -1.59. The fraction of sp³-hybridized carbons (Fsp3) is 0.562. The van der Waals surface area contributed by atoms with Crippen molar-refractivity contribution in [1.82, 2.24) is 4.90 Å². The highest BCUT2D eigenvalue weighted by Crippen LogP contribution is 2.40. The number of fused-ring (bicyclic) bond motifs is 1. The van der Waals surface area contributed by atoms with Crippen LogP contribution in [0.5, 0.6) is 5.75 Å². The molecule has 2 N–H and O–H groups in total. The minimum atomic E-state index is -0.433. The van der Waals surface area contributed by atoms with Crippen LogP contribution in [0.4, 0.5) is 0 Å². The van der Waals surface area contributed by atoms with Crippen LogP contribution in [0.15, 0.2) is 6.07 Å². The lowest BCUT2D eigenvalue weighted by molar-refractivity contribution is -0.137. The van der Waals surface area contributed by atoms with Crippen molar-refractivity contribution in [3.8, 4) is 5.75 Å². The van der Waals surface area contributed by atoms with Gasteiger partial charge in [-0.1, -0.05) is 6.07 Å². The lowest BCUT2D eigenvalue weighted by Gasteiger charge is -2.42. The van der Waals surface area contributed by atoms with Crippen LogP contribution in [-0.2, 0) is 11.2 Å². The lowest BCUT2D eigenvalue weighted by Crippen LogP contribution is -2.49. The summed E-state index contributed by atoms with van der Waals surface area (Å²) in [6, 6.07) is 1.31. The van der Waals surface area contributed by atoms with E-state index in [4.69, 9.17) is 4.74 Å². The minimum Gasteiger partial charge on any atom is -0.496 e. The lowest BCUT2D eigenvalue weighted by atomic mass is 9.84. The average molecular weight is 293 g/mol. The number of hydrogen-bond donors (Lipinski definition) is 2. The molecule has 21 heavy (non-hydrogen) atoms. The van der Waals surface area contributed by atoms with Crippen molar-refractivity contribution in [1.29, 1.82) is 0 Å². The topological polar surface area (TPSA) is 70.0 Å². The second kappa shape index (κ2) is 6.03. The van der Waals surface area contributed by atoms with E-state index in [2.05, 4.69) is 0 Å². The van der Waals surface area contributed by atoms with E-state index in [0.29, 0.717) is 6.42 Å². The van der Waals surface area contributed by atoms with E-state index in [-0.39, 0.29) is 25.2 Å². The number of aryl methyl sites for hydroxylation is 1. The molecular formula is C16H23NO4. The number of ether oxygens (including phenoxy) is 1. The van der Waals surface area contributed by atoms with Gasteiger partial charge in [0.05, 0.1) is 32.4 Å². The summed E-state index contributed by atoms with van der Waals surface area (Å²) in [6.07, 6.45) is 0.591. The third-order valence-corrected chi connectivity index (χ3v) is 4.31. The molecule has 1 aliphatic heterocycles. The summed E-state index contributed by atoms with van der Waals surface area (Å²) in [5.74, 6) is 0.649. The molecule has 1 heterocycles. The zero-order chi connectivity index (χ0) is 15.7. The fourth-order valence-corrected chi connectivity index (χ4v) is 3.56. The number of rotatable bonds is 3. The molecule has 0 fully saturated rings. The van der Waals surface area contributed by atoms with Crippen LogP contribution in [0.1, 0.15) is 35.2 Å². The highest BCUT2D eigenvalue weighted by Gasteiger charge is 2.37. The van der Waals surface area contributed by atoms with Gasteiger partial charge in [0.2, 0.25) is 5.91 Å². The maximum absolute atomic E-state index is 12.0. The molecule has 0 bridgehead atoms. The number of nitrogens with zero attached hydrogens (tertiary/aromatic N) is 1. The highest BCUT2D eigenvalue weighted by atomic mass is 16.5. The Bertz CT molecular complexity index is 556. The van der Waals surface area contributed by atoms with E-state index in [1.165, 1.54) is 6.92 Å². The largest absolute Gasteiger partial charge is 0.496 e. The second-order valence-corrected chi connectivity index (χ2v) is 5.59. The molecule has 1 aliphatic rings. The Morgan fingerprint density at radius 3 is 2.52 bits per heavy atom. The molecule has 2 atom stereocenters. The van der Waals surface area contributed by atoms with Crippen LogP contribution >= 0.6 is 0 Å². The Morgan fingerprint density at radius 2 is 2.05 bits per heavy atom. The van der Waals surface area contributed by atoms with Crippen LogP contribution < -0.4 is 4.74 Å². The van der Waals surface area contributed by atoms with Gasteiger partial charge in [0.1, 0.15) is 5.75 Å². The fourth-order valence-electron chi connectivity index (χ4n) is 3.56. The van der Waals surface area contributed by atoms with Crippen molar-refractivity contribution < 1.29 is 19.7 Å². The van der Waals surface area contributed by atoms with Crippen LogP contribution in [-0.4, -0.2) is 47.4 Å². The van der Waals surface area contributed by atoms with Gasteiger partial charge in [-0.2, -0.15) is 0 Å². The molecule has 0 aromatic heterocycles. The molecule has 0 aliphatic carbocycles. The first-order chi connectivity index (χ1) is 9.96. The first-order valence-electron chi connectivity index (χ1n) is 7.13. The van der Waals surface area contributed by atoms with Gasteiger partial charge in [0, 0.05) is 6.92 Å². The van der Waals surface area contributed by atoms with Gasteiger partial charge >= 0.3 is 0 Å². The first-order valence-corrected chi connectivity index (χ1v) is 7.13. The van der Waals surface area contributed by atoms with Crippen molar-refractivity contribution in [2.45, 2.75) is 39.3 Å². The van der Waals surface area contributed by atoms with E-state index in [0.717, 1.165) is 28.0 Å². The van der Waals surface area contributed by atoms with Crippen LogP contribution in [0.3, 0.4) is 0 Å². The quantitative estimate of drug-likeness (QED) is 0.876. The summed E-state index contributed by atoms with van der Waals surface area (Å²) < 4.78 is 5.45. The number of benzene rings is 1.